The molecular weight excluding hydrogens is 245 g/mol. The molecule has 0 bridgehead atoms. The van der Waals surface area contributed by atoms with Crippen molar-refractivity contribution in [2.24, 2.45) is 0 Å². The van der Waals surface area contributed by atoms with E-state index < -0.39 is 6.09 Å². The number of nitrogens with one attached hydrogen (secondary N) is 1. The van der Waals surface area contributed by atoms with Crippen molar-refractivity contribution in [3.63, 3.8) is 0 Å². The van der Waals surface area contributed by atoms with Crippen LogP contribution >= 0.6 is 22.6 Å². The molecule has 10 heavy (non-hydrogen) atoms. The fraction of sp³-hybridized carbons (Fsp3) is 0.500. The summed E-state index contributed by atoms with van der Waals surface area (Å²) < 4.78 is 4.95. The van der Waals surface area contributed by atoms with Gasteiger partial charge in [0, 0.05) is 6.20 Å². The van der Waals surface area contributed by atoms with Gasteiger partial charge in [0.1, 0.15) is 4.61 Å². The summed E-state index contributed by atoms with van der Waals surface area (Å²) in [6.07, 6.45) is 3.92. The number of carbonyl (C=O) groups excluding carboxylic acids is 1. The van der Waals surface area contributed by atoms with Crippen LogP contribution in [0.1, 0.15) is 13.3 Å². The number of alkyl carbamates (subject to hydrolysis) is 1. The summed E-state index contributed by atoms with van der Waals surface area (Å²) in [6.45, 7) is 1.99. The minimum Gasteiger partial charge on any atom is -0.439 e. The number of hydrogen-bond donors (Lipinski definition) is 1. The van der Waals surface area contributed by atoms with Crippen molar-refractivity contribution in [2.75, 3.05) is 4.61 Å². The monoisotopic (exact) mass is 255 g/mol. The van der Waals surface area contributed by atoms with E-state index in [0.717, 1.165) is 6.42 Å². The first-order valence-electron chi connectivity index (χ1n) is 2.95. The van der Waals surface area contributed by atoms with Crippen LogP contribution < -0.4 is 5.32 Å². The van der Waals surface area contributed by atoms with E-state index in [9.17, 15) is 4.79 Å². The minimum absolute atomic E-state index is 0.379. The number of amides is 1. The van der Waals surface area contributed by atoms with Gasteiger partial charge in [-0.05, 0) is 29.0 Å². The third kappa shape index (κ3) is 5.87. The van der Waals surface area contributed by atoms with Gasteiger partial charge in [0.25, 0.3) is 0 Å². The SMILES string of the molecule is CC/C=C\NC(=O)OCI. The van der Waals surface area contributed by atoms with Crippen molar-refractivity contribution < 1.29 is 9.53 Å². The molecule has 0 aromatic carbocycles. The zero-order chi connectivity index (χ0) is 7.82. The second kappa shape index (κ2) is 6.85. The highest BCUT2D eigenvalue weighted by Crippen LogP contribution is 1.84. The summed E-state index contributed by atoms with van der Waals surface area (Å²) in [7, 11) is 0. The highest BCUT2D eigenvalue weighted by atomic mass is 127. The van der Waals surface area contributed by atoms with Gasteiger partial charge < -0.3 is 4.74 Å². The van der Waals surface area contributed by atoms with Gasteiger partial charge in [0.15, 0.2) is 0 Å². The molecule has 58 valence electrons. The molecule has 0 heterocycles. The second-order valence-electron chi connectivity index (χ2n) is 1.50. The molecule has 3 nitrogen and oxygen atoms in total. The first kappa shape index (κ1) is 9.74. The molecule has 0 saturated heterocycles. The molecule has 1 N–H and O–H groups in total. The largest absolute Gasteiger partial charge is 0.439 e. The topological polar surface area (TPSA) is 38.3 Å². The standard InChI is InChI=1S/C6H10INO2/c1-2-3-4-8-6(9)10-5-7/h3-4H,2,5H2,1H3,(H,8,9)/b4-3-. The van der Waals surface area contributed by atoms with Crippen LogP contribution in [0.25, 0.3) is 0 Å². The molecule has 0 atom stereocenters. The third-order valence-corrected chi connectivity index (χ3v) is 1.05. The van der Waals surface area contributed by atoms with E-state index in [2.05, 4.69) is 10.1 Å². The van der Waals surface area contributed by atoms with Gasteiger partial charge in [-0.15, -0.1) is 0 Å². The fourth-order valence-electron chi connectivity index (χ4n) is 0.336. The van der Waals surface area contributed by atoms with Gasteiger partial charge in [-0.3, -0.25) is 5.32 Å². The number of allylic oxidation sites excluding steroid dienone is 1. The summed E-state index contributed by atoms with van der Waals surface area (Å²) in [6, 6.07) is 0. The minimum atomic E-state index is -0.404. The molecule has 0 spiro atoms. The first-order valence-corrected chi connectivity index (χ1v) is 4.48. The lowest BCUT2D eigenvalue weighted by Gasteiger charge is -1.97. The van der Waals surface area contributed by atoms with E-state index in [1.54, 1.807) is 6.20 Å². The van der Waals surface area contributed by atoms with Gasteiger partial charge in [0.2, 0.25) is 0 Å². The Hall–Kier alpha value is -0.260. The summed E-state index contributed by atoms with van der Waals surface area (Å²) in [4.78, 5) is 10.5. The second-order valence-corrected chi connectivity index (χ2v) is 2.12. The molecule has 0 fully saturated rings. The van der Waals surface area contributed by atoms with Crippen LogP contribution in [0.2, 0.25) is 0 Å². The Kier molecular flexibility index (Phi) is 6.68. The van der Waals surface area contributed by atoms with Crippen molar-refractivity contribution in [2.45, 2.75) is 13.3 Å². The van der Waals surface area contributed by atoms with E-state index in [4.69, 9.17) is 0 Å². The maximum Gasteiger partial charge on any atom is 0.411 e. The van der Waals surface area contributed by atoms with Crippen LogP contribution in [-0.2, 0) is 4.74 Å². The zero-order valence-corrected chi connectivity index (χ0v) is 7.92. The van der Waals surface area contributed by atoms with Gasteiger partial charge in [-0.1, -0.05) is 13.0 Å². The van der Waals surface area contributed by atoms with Crippen LogP contribution in [0, 0.1) is 0 Å². The van der Waals surface area contributed by atoms with Gasteiger partial charge in [-0.2, -0.15) is 0 Å². The maximum atomic E-state index is 10.5. The molecular formula is C6H10INO2. The predicted molar refractivity (Wildman–Crippen MR) is 47.9 cm³/mol. The van der Waals surface area contributed by atoms with E-state index in [1.807, 2.05) is 35.6 Å². The number of rotatable bonds is 3. The van der Waals surface area contributed by atoms with Crippen molar-refractivity contribution in [1.82, 2.24) is 5.32 Å². The predicted octanol–water partition coefficient (Wildman–Crippen LogP) is 2.03. The van der Waals surface area contributed by atoms with Crippen molar-refractivity contribution in [3.05, 3.63) is 12.3 Å². The third-order valence-electron chi connectivity index (χ3n) is 0.740. The molecule has 0 aliphatic heterocycles. The quantitative estimate of drug-likeness (QED) is 0.619. The lowest BCUT2D eigenvalue weighted by molar-refractivity contribution is 0.172. The molecule has 0 rings (SSSR count). The van der Waals surface area contributed by atoms with Gasteiger partial charge in [0.05, 0.1) is 0 Å². The van der Waals surface area contributed by atoms with Crippen LogP contribution in [-0.4, -0.2) is 10.7 Å². The Balaban J connectivity index is 3.30. The highest BCUT2D eigenvalue weighted by Gasteiger charge is 1.92. The lowest BCUT2D eigenvalue weighted by atomic mass is 10.5. The number of halogens is 1. The molecule has 0 unspecified atom stereocenters. The number of carbonyl (C=O) groups is 1. The van der Waals surface area contributed by atoms with Crippen LogP contribution in [0.3, 0.4) is 0 Å². The fourth-order valence-corrected chi connectivity index (χ4v) is 0.619. The Morgan fingerprint density at radius 3 is 3.00 bits per heavy atom. The van der Waals surface area contributed by atoms with Crippen molar-refractivity contribution in [1.29, 1.82) is 0 Å². The van der Waals surface area contributed by atoms with Crippen molar-refractivity contribution in [3.8, 4) is 0 Å². The molecule has 0 aliphatic rings. The average molecular weight is 255 g/mol. The number of ether oxygens (including phenoxy) is 1. The number of hydrogen-bond acceptors (Lipinski definition) is 2. The normalized spacial score (nSPS) is 9.80. The highest BCUT2D eigenvalue weighted by molar-refractivity contribution is 14.1. The van der Waals surface area contributed by atoms with Gasteiger partial charge >= 0.3 is 6.09 Å². The Bertz CT molecular complexity index is 125. The molecule has 4 heteroatoms. The summed E-state index contributed by atoms with van der Waals surface area (Å²) in [5.41, 5.74) is 0. The van der Waals surface area contributed by atoms with E-state index >= 15 is 0 Å². The number of alkyl halides is 1. The smallest absolute Gasteiger partial charge is 0.411 e. The van der Waals surface area contributed by atoms with E-state index in [0.29, 0.717) is 4.61 Å². The van der Waals surface area contributed by atoms with Crippen LogP contribution in [0.4, 0.5) is 4.79 Å². The molecule has 1 amide bonds. The molecule has 0 saturated carbocycles. The van der Waals surface area contributed by atoms with Crippen molar-refractivity contribution >= 4 is 28.7 Å². The Labute approximate surface area is 74.0 Å². The lowest BCUT2D eigenvalue weighted by Crippen LogP contribution is -2.17. The molecule has 0 aliphatic carbocycles. The van der Waals surface area contributed by atoms with E-state index in [-0.39, 0.29) is 0 Å². The molecule has 0 aromatic heterocycles. The Morgan fingerprint density at radius 1 is 1.80 bits per heavy atom. The zero-order valence-electron chi connectivity index (χ0n) is 5.76. The summed E-state index contributed by atoms with van der Waals surface area (Å²) in [5, 5.41) is 2.44. The summed E-state index contributed by atoms with van der Waals surface area (Å²) in [5.74, 6) is 0. The van der Waals surface area contributed by atoms with Crippen LogP contribution in [0.15, 0.2) is 12.3 Å². The van der Waals surface area contributed by atoms with E-state index in [1.165, 1.54) is 0 Å². The summed E-state index contributed by atoms with van der Waals surface area (Å²) >= 11 is 1.96. The molecule has 0 aromatic rings. The molecule has 0 radical (unpaired) electrons. The average Bonchev–Trinajstić information content (AvgIpc) is 1.89. The first-order chi connectivity index (χ1) is 4.81. The van der Waals surface area contributed by atoms with Crippen LogP contribution in [0.5, 0.6) is 0 Å². The van der Waals surface area contributed by atoms with Gasteiger partial charge in [-0.25, -0.2) is 4.79 Å². The Morgan fingerprint density at radius 2 is 2.50 bits per heavy atom. The maximum absolute atomic E-state index is 10.5.